The van der Waals surface area contributed by atoms with Crippen LogP contribution in [0.1, 0.15) is 16.9 Å². The minimum atomic E-state index is 0.782. The molecule has 10 heavy (non-hydrogen) atoms. The molecule has 0 spiro atoms. The molecule has 54 valence electrons. The van der Waals surface area contributed by atoms with E-state index in [1.54, 1.807) is 11.3 Å². The minimum absolute atomic E-state index is 0.782. The molecule has 1 aromatic heterocycles. The summed E-state index contributed by atoms with van der Waals surface area (Å²) in [4.78, 5) is 1.41. The zero-order valence-electron chi connectivity index (χ0n) is 5.48. The summed E-state index contributed by atoms with van der Waals surface area (Å²) >= 11 is 7.48. The second kappa shape index (κ2) is 2.14. The fourth-order valence-electron chi connectivity index (χ4n) is 1.40. The van der Waals surface area contributed by atoms with Crippen molar-refractivity contribution in [1.29, 1.82) is 0 Å². The third-order valence-corrected chi connectivity index (χ3v) is 3.45. The van der Waals surface area contributed by atoms with E-state index < -0.39 is 0 Å². The molecule has 1 nitrogen and oxygen atoms in total. The predicted octanol–water partition coefficient (Wildman–Crippen LogP) is 2.47. The quantitative estimate of drug-likeness (QED) is 0.641. The van der Waals surface area contributed by atoms with Gasteiger partial charge in [-0.2, -0.15) is 0 Å². The van der Waals surface area contributed by atoms with E-state index in [-0.39, 0.29) is 0 Å². The number of aryl methyl sites for hydroxylation is 1. The molecule has 1 aromatic rings. The number of thiophene rings is 1. The maximum absolute atomic E-state index is 5.84. The summed E-state index contributed by atoms with van der Waals surface area (Å²) in [6, 6.07) is 0. The Bertz CT molecular complexity index is 267. The van der Waals surface area contributed by atoms with E-state index in [9.17, 15) is 0 Å². The molecule has 0 amide bonds. The molecule has 3 heteroatoms. The number of hydrogen-bond acceptors (Lipinski definition) is 2. The Labute approximate surface area is 68.8 Å². The molecule has 0 aliphatic heterocycles. The van der Waals surface area contributed by atoms with Gasteiger partial charge in [-0.05, 0) is 24.8 Å². The standard InChI is InChI=1S/C7H8ClNS/c8-7-6(9)4-2-1-3-5(4)10-7/h1-3,9H2. The topological polar surface area (TPSA) is 26.0 Å². The lowest BCUT2D eigenvalue weighted by Gasteiger charge is -1.90. The smallest absolute Gasteiger partial charge is 0.116 e. The summed E-state index contributed by atoms with van der Waals surface area (Å²) in [6.07, 6.45) is 3.56. The van der Waals surface area contributed by atoms with Crippen LogP contribution in [0, 0.1) is 0 Å². The maximum Gasteiger partial charge on any atom is 0.116 e. The van der Waals surface area contributed by atoms with Crippen LogP contribution in [0.15, 0.2) is 0 Å². The van der Waals surface area contributed by atoms with Crippen molar-refractivity contribution in [2.45, 2.75) is 19.3 Å². The first-order valence-corrected chi connectivity index (χ1v) is 4.54. The molecule has 2 rings (SSSR count). The normalized spacial score (nSPS) is 15.7. The number of fused-ring (bicyclic) bond motifs is 1. The zero-order chi connectivity index (χ0) is 7.14. The molecule has 1 aliphatic rings. The van der Waals surface area contributed by atoms with E-state index in [0.717, 1.165) is 16.4 Å². The Morgan fingerprint density at radius 1 is 1.40 bits per heavy atom. The van der Waals surface area contributed by atoms with Crippen molar-refractivity contribution in [1.82, 2.24) is 0 Å². The van der Waals surface area contributed by atoms with E-state index in [4.69, 9.17) is 17.3 Å². The highest BCUT2D eigenvalue weighted by molar-refractivity contribution is 7.17. The molecule has 2 N–H and O–H groups in total. The Morgan fingerprint density at radius 2 is 2.20 bits per heavy atom. The lowest BCUT2D eigenvalue weighted by Crippen LogP contribution is -1.86. The highest BCUT2D eigenvalue weighted by atomic mass is 35.5. The second-order valence-electron chi connectivity index (χ2n) is 2.54. The Hall–Kier alpha value is -0.210. The number of hydrogen-bond donors (Lipinski definition) is 1. The van der Waals surface area contributed by atoms with E-state index in [1.807, 2.05) is 0 Å². The average Bonchev–Trinajstić information content (AvgIpc) is 2.41. The molecule has 0 bridgehead atoms. The number of nitrogen functional groups attached to an aromatic ring is 1. The third kappa shape index (κ3) is 0.756. The lowest BCUT2D eigenvalue weighted by molar-refractivity contribution is 0.915. The summed E-state index contributed by atoms with van der Waals surface area (Å²) in [5, 5.41) is 0. The molecule has 0 aromatic carbocycles. The molecule has 0 saturated heterocycles. The van der Waals surface area contributed by atoms with E-state index in [2.05, 4.69) is 0 Å². The highest BCUT2D eigenvalue weighted by Crippen LogP contribution is 2.40. The second-order valence-corrected chi connectivity index (χ2v) is 4.25. The van der Waals surface area contributed by atoms with Gasteiger partial charge in [0.25, 0.3) is 0 Å². The molecule has 0 fully saturated rings. The zero-order valence-corrected chi connectivity index (χ0v) is 7.06. The Kier molecular flexibility index (Phi) is 1.39. The first kappa shape index (κ1) is 6.50. The SMILES string of the molecule is Nc1c(Cl)sc2c1CCC2. The molecule has 0 radical (unpaired) electrons. The summed E-state index contributed by atoms with van der Waals surface area (Å²) < 4.78 is 0.782. The van der Waals surface area contributed by atoms with Gasteiger partial charge in [0, 0.05) is 4.88 Å². The van der Waals surface area contributed by atoms with E-state index in [1.165, 1.54) is 23.3 Å². The largest absolute Gasteiger partial charge is 0.397 e. The van der Waals surface area contributed by atoms with Crippen molar-refractivity contribution < 1.29 is 0 Å². The van der Waals surface area contributed by atoms with Gasteiger partial charge in [-0.1, -0.05) is 11.6 Å². The van der Waals surface area contributed by atoms with Crippen LogP contribution in [0.5, 0.6) is 0 Å². The van der Waals surface area contributed by atoms with Gasteiger partial charge in [-0.15, -0.1) is 11.3 Å². The van der Waals surface area contributed by atoms with Crippen LogP contribution >= 0.6 is 22.9 Å². The first-order valence-electron chi connectivity index (χ1n) is 3.34. The minimum Gasteiger partial charge on any atom is -0.397 e. The van der Waals surface area contributed by atoms with Crippen molar-refractivity contribution >= 4 is 28.6 Å². The van der Waals surface area contributed by atoms with Crippen LogP contribution in [0.3, 0.4) is 0 Å². The van der Waals surface area contributed by atoms with E-state index >= 15 is 0 Å². The van der Waals surface area contributed by atoms with Crippen molar-refractivity contribution in [3.8, 4) is 0 Å². The number of nitrogens with two attached hydrogens (primary N) is 1. The van der Waals surface area contributed by atoms with E-state index in [0.29, 0.717) is 0 Å². The molecular weight excluding hydrogens is 166 g/mol. The molecule has 0 atom stereocenters. The van der Waals surface area contributed by atoms with Crippen molar-refractivity contribution in [3.05, 3.63) is 14.8 Å². The number of rotatable bonds is 0. The first-order chi connectivity index (χ1) is 4.79. The summed E-state index contributed by atoms with van der Waals surface area (Å²) in [6.45, 7) is 0. The average molecular weight is 174 g/mol. The van der Waals surface area contributed by atoms with Crippen LogP contribution in [0.2, 0.25) is 4.34 Å². The maximum atomic E-state index is 5.84. The number of halogens is 1. The van der Waals surface area contributed by atoms with Crippen LogP contribution in [0.4, 0.5) is 5.69 Å². The molecule has 1 heterocycles. The summed E-state index contributed by atoms with van der Waals surface area (Å²) in [5.41, 5.74) is 7.88. The van der Waals surface area contributed by atoms with Gasteiger partial charge in [-0.3, -0.25) is 0 Å². The van der Waals surface area contributed by atoms with Crippen LogP contribution in [0.25, 0.3) is 0 Å². The third-order valence-electron chi connectivity index (χ3n) is 1.92. The fraction of sp³-hybridized carbons (Fsp3) is 0.429. The van der Waals surface area contributed by atoms with Crippen molar-refractivity contribution in [2.75, 3.05) is 5.73 Å². The van der Waals surface area contributed by atoms with Crippen LogP contribution in [-0.2, 0) is 12.8 Å². The van der Waals surface area contributed by atoms with Gasteiger partial charge in [0.2, 0.25) is 0 Å². The monoisotopic (exact) mass is 173 g/mol. The van der Waals surface area contributed by atoms with Gasteiger partial charge in [0.05, 0.1) is 5.69 Å². The Balaban J connectivity index is 2.59. The highest BCUT2D eigenvalue weighted by Gasteiger charge is 2.18. The fourth-order valence-corrected chi connectivity index (χ4v) is 2.82. The molecule has 0 unspecified atom stereocenters. The summed E-state index contributed by atoms with van der Waals surface area (Å²) in [7, 11) is 0. The van der Waals surface area contributed by atoms with Crippen LogP contribution in [-0.4, -0.2) is 0 Å². The van der Waals surface area contributed by atoms with Gasteiger partial charge >= 0.3 is 0 Å². The van der Waals surface area contributed by atoms with Gasteiger partial charge in [-0.25, -0.2) is 0 Å². The van der Waals surface area contributed by atoms with Gasteiger partial charge in [0.15, 0.2) is 0 Å². The molecule has 0 saturated carbocycles. The van der Waals surface area contributed by atoms with Crippen molar-refractivity contribution in [3.63, 3.8) is 0 Å². The van der Waals surface area contributed by atoms with Crippen molar-refractivity contribution in [2.24, 2.45) is 0 Å². The lowest BCUT2D eigenvalue weighted by atomic mass is 10.2. The molecular formula is C7H8ClNS. The van der Waals surface area contributed by atoms with Gasteiger partial charge in [0.1, 0.15) is 4.34 Å². The molecule has 1 aliphatic carbocycles. The predicted molar refractivity (Wildman–Crippen MR) is 45.8 cm³/mol. The van der Waals surface area contributed by atoms with Crippen LogP contribution < -0.4 is 5.73 Å². The number of anilines is 1. The van der Waals surface area contributed by atoms with Gasteiger partial charge < -0.3 is 5.73 Å². The summed E-state index contributed by atoms with van der Waals surface area (Å²) in [5.74, 6) is 0. The Morgan fingerprint density at radius 3 is 2.90 bits per heavy atom.